The first-order valence-electron chi connectivity index (χ1n) is 9.70. The van der Waals surface area contributed by atoms with Crippen LogP contribution in [0.2, 0.25) is 0 Å². The average Bonchev–Trinajstić information content (AvgIpc) is 3.12. The Morgan fingerprint density at radius 3 is 2.93 bits per heavy atom. The third-order valence-corrected chi connectivity index (χ3v) is 5.15. The number of pyridine rings is 2. The molecule has 1 atom stereocenters. The summed E-state index contributed by atoms with van der Waals surface area (Å²) in [5, 5.41) is 19.2. The molecule has 144 valence electrons. The normalized spacial score (nSPS) is 17.0. The highest BCUT2D eigenvalue weighted by Crippen LogP contribution is 2.28. The molecule has 0 amide bonds. The zero-order valence-electron chi connectivity index (χ0n) is 16.2. The SMILES string of the molecule is CCNC1=C(C=N)CC(Nc2nc3c(-c4cccnc4C)cccn3n2)CC1. The Morgan fingerprint density at radius 2 is 2.14 bits per heavy atom. The second-order valence-electron chi connectivity index (χ2n) is 7.02. The molecule has 7 nitrogen and oxygen atoms in total. The van der Waals surface area contributed by atoms with Crippen LogP contribution in [0.1, 0.15) is 31.9 Å². The minimum atomic E-state index is 0.222. The van der Waals surface area contributed by atoms with Crippen molar-refractivity contribution in [3.63, 3.8) is 0 Å². The van der Waals surface area contributed by atoms with Crippen molar-refractivity contribution in [3.8, 4) is 11.1 Å². The Hall–Kier alpha value is -3.22. The van der Waals surface area contributed by atoms with Gasteiger partial charge in [-0.05, 0) is 56.9 Å². The lowest BCUT2D eigenvalue weighted by Crippen LogP contribution is -2.29. The van der Waals surface area contributed by atoms with Gasteiger partial charge in [-0.2, -0.15) is 4.98 Å². The second kappa shape index (κ2) is 7.80. The summed E-state index contributed by atoms with van der Waals surface area (Å²) in [5.74, 6) is 0.621. The third-order valence-electron chi connectivity index (χ3n) is 5.15. The van der Waals surface area contributed by atoms with Crippen LogP contribution in [-0.4, -0.2) is 38.4 Å². The highest BCUT2D eigenvalue weighted by Gasteiger charge is 2.21. The van der Waals surface area contributed by atoms with Gasteiger partial charge >= 0.3 is 0 Å². The summed E-state index contributed by atoms with van der Waals surface area (Å²) in [4.78, 5) is 9.15. The molecule has 28 heavy (non-hydrogen) atoms. The van der Waals surface area contributed by atoms with E-state index in [1.807, 2.05) is 29.8 Å². The van der Waals surface area contributed by atoms with E-state index in [0.29, 0.717) is 5.95 Å². The molecule has 7 heteroatoms. The molecule has 0 bridgehead atoms. The predicted molar refractivity (Wildman–Crippen MR) is 112 cm³/mol. The van der Waals surface area contributed by atoms with Gasteiger partial charge in [-0.25, -0.2) is 4.52 Å². The van der Waals surface area contributed by atoms with Crippen LogP contribution in [-0.2, 0) is 0 Å². The molecule has 0 spiro atoms. The molecular formula is C21H25N7. The van der Waals surface area contributed by atoms with E-state index < -0.39 is 0 Å². The van der Waals surface area contributed by atoms with Crippen molar-refractivity contribution >= 4 is 17.8 Å². The van der Waals surface area contributed by atoms with Gasteiger partial charge in [0.15, 0.2) is 5.65 Å². The molecule has 1 aliphatic rings. The smallest absolute Gasteiger partial charge is 0.243 e. The van der Waals surface area contributed by atoms with Crippen molar-refractivity contribution in [3.05, 3.63) is 53.6 Å². The first kappa shape index (κ1) is 18.2. The molecule has 1 aliphatic carbocycles. The summed E-state index contributed by atoms with van der Waals surface area (Å²) >= 11 is 0. The lowest BCUT2D eigenvalue weighted by molar-refractivity contribution is 0.581. The fraction of sp³-hybridized carbons (Fsp3) is 0.333. The minimum Gasteiger partial charge on any atom is -0.388 e. The Kier molecular flexibility index (Phi) is 5.06. The summed E-state index contributed by atoms with van der Waals surface area (Å²) in [5.41, 5.74) is 6.11. The number of nitrogens with one attached hydrogen (secondary N) is 3. The largest absolute Gasteiger partial charge is 0.388 e. The van der Waals surface area contributed by atoms with Gasteiger partial charge in [0.1, 0.15) is 0 Å². The molecule has 0 fully saturated rings. The van der Waals surface area contributed by atoms with Gasteiger partial charge in [-0.3, -0.25) is 4.98 Å². The topological polar surface area (TPSA) is 91.0 Å². The van der Waals surface area contributed by atoms with Crippen molar-refractivity contribution in [1.29, 1.82) is 5.41 Å². The van der Waals surface area contributed by atoms with Gasteiger partial charge in [-0.15, -0.1) is 5.10 Å². The fourth-order valence-corrected chi connectivity index (χ4v) is 3.78. The molecule has 1 unspecified atom stereocenters. The number of fused-ring (bicyclic) bond motifs is 1. The van der Waals surface area contributed by atoms with E-state index in [4.69, 9.17) is 10.4 Å². The first-order valence-corrected chi connectivity index (χ1v) is 9.70. The van der Waals surface area contributed by atoms with Gasteiger partial charge in [0.05, 0.1) is 0 Å². The molecule has 3 heterocycles. The van der Waals surface area contributed by atoms with E-state index >= 15 is 0 Å². The molecule has 0 saturated heterocycles. The van der Waals surface area contributed by atoms with Crippen molar-refractivity contribution in [2.75, 3.05) is 11.9 Å². The summed E-state index contributed by atoms with van der Waals surface area (Å²) in [6.07, 6.45) is 7.90. The van der Waals surface area contributed by atoms with Crippen molar-refractivity contribution in [1.82, 2.24) is 24.9 Å². The zero-order valence-corrected chi connectivity index (χ0v) is 16.2. The quantitative estimate of drug-likeness (QED) is 0.573. The maximum Gasteiger partial charge on any atom is 0.243 e. The highest BCUT2D eigenvalue weighted by molar-refractivity contribution is 5.79. The van der Waals surface area contributed by atoms with Gasteiger partial charge < -0.3 is 16.0 Å². The Balaban J connectivity index is 1.61. The van der Waals surface area contributed by atoms with Gasteiger partial charge in [-0.1, -0.05) is 6.07 Å². The van der Waals surface area contributed by atoms with E-state index in [1.54, 1.807) is 6.20 Å². The molecule has 0 aliphatic heterocycles. The van der Waals surface area contributed by atoms with Crippen molar-refractivity contribution in [2.45, 2.75) is 39.2 Å². The summed E-state index contributed by atoms with van der Waals surface area (Å²) in [7, 11) is 0. The number of hydrogen-bond acceptors (Lipinski definition) is 6. The first-order chi connectivity index (χ1) is 13.7. The van der Waals surface area contributed by atoms with Crippen LogP contribution in [0, 0.1) is 12.3 Å². The Morgan fingerprint density at radius 1 is 1.29 bits per heavy atom. The van der Waals surface area contributed by atoms with Gasteiger partial charge in [0.25, 0.3) is 0 Å². The van der Waals surface area contributed by atoms with E-state index in [9.17, 15) is 0 Å². The molecule has 3 aromatic heterocycles. The van der Waals surface area contributed by atoms with Crippen LogP contribution in [0.25, 0.3) is 16.8 Å². The molecular weight excluding hydrogens is 350 g/mol. The fourth-order valence-electron chi connectivity index (χ4n) is 3.78. The lowest BCUT2D eigenvalue weighted by Gasteiger charge is -2.26. The monoisotopic (exact) mass is 375 g/mol. The molecule has 3 aromatic rings. The summed E-state index contributed by atoms with van der Waals surface area (Å²) in [6, 6.07) is 8.25. The number of aryl methyl sites for hydroxylation is 1. The minimum absolute atomic E-state index is 0.222. The maximum atomic E-state index is 7.72. The standard InChI is InChI=1S/C21H25N7/c1-3-23-19-9-8-16(12-15(19)13-22)25-21-26-20-18(7-5-11-28(20)27-21)17-6-4-10-24-14(17)2/h4-7,10-11,13,16,22-23H,3,8-9,12H2,1-2H3,(H,25,27). The number of nitrogens with zero attached hydrogens (tertiary/aromatic N) is 4. The van der Waals surface area contributed by atoms with E-state index in [-0.39, 0.29) is 6.04 Å². The molecule has 0 radical (unpaired) electrons. The maximum absolute atomic E-state index is 7.72. The molecule has 0 saturated carbocycles. The van der Waals surface area contributed by atoms with Crippen LogP contribution in [0.15, 0.2) is 47.9 Å². The van der Waals surface area contributed by atoms with E-state index in [2.05, 4.69) is 39.8 Å². The van der Waals surface area contributed by atoms with Crippen molar-refractivity contribution < 1.29 is 0 Å². The number of rotatable bonds is 6. The number of hydrogen-bond donors (Lipinski definition) is 3. The van der Waals surface area contributed by atoms with Crippen LogP contribution < -0.4 is 10.6 Å². The Bertz CT molecular complexity index is 1030. The number of anilines is 1. The summed E-state index contributed by atoms with van der Waals surface area (Å²) in [6.45, 7) is 4.97. The predicted octanol–water partition coefficient (Wildman–Crippen LogP) is 3.58. The zero-order chi connectivity index (χ0) is 19.5. The second-order valence-corrected chi connectivity index (χ2v) is 7.02. The van der Waals surface area contributed by atoms with Gasteiger partial charge in [0, 0.05) is 53.7 Å². The molecule has 3 N–H and O–H groups in total. The average molecular weight is 375 g/mol. The van der Waals surface area contributed by atoms with Crippen LogP contribution >= 0.6 is 0 Å². The third kappa shape index (κ3) is 3.47. The summed E-state index contributed by atoms with van der Waals surface area (Å²) < 4.78 is 1.81. The lowest BCUT2D eigenvalue weighted by atomic mass is 9.92. The van der Waals surface area contributed by atoms with Crippen molar-refractivity contribution in [2.24, 2.45) is 0 Å². The van der Waals surface area contributed by atoms with E-state index in [1.165, 1.54) is 11.9 Å². The number of aromatic nitrogens is 4. The van der Waals surface area contributed by atoms with Gasteiger partial charge in [0.2, 0.25) is 5.95 Å². The highest BCUT2D eigenvalue weighted by atomic mass is 15.3. The van der Waals surface area contributed by atoms with Crippen LogP contribution in [0.3, 0.4) is 0 Å². The Labute approximate surface area is 164 Å². The van der Waals surface area contributed by atoms with E-state index in [0.717, 1.165) is 53.8 Å². The van der Waals surface area contributed by atoms with Crippen LogP contribution in [0.5, 0.6) is 0 Å². The molecule has 4 rings (SSSR count). The van der Waals surface area contributed by atoms with Crippen LogP contribution in [0.4, 0.5) is 5.95 Å². The number of allylic oxidation sites excluding steroid dienone is 1. The molecule has 0 aromatic carbocycles.